The van der Waals surface area contributed by atoms with Crippen molar-refractivity contribution in [2.75, 3.05) is 0 Å². The van der Waals surface area contributed by atoms with E-state index in [4.69, 9.17) is 4.74 Å². The zero-order valence-electron chi connectivity index (χ0n) is 21.2. The van der Waals surface area contributed by atoms with E-state index in [1.54, 1.807) is 18.3 Å². The summed E-state index contributed by atoms with van der Waals surface area (Å²) in [6, 6.07) is 9.63. The van der Waals surface area contributed by atoms with Crippen LogP contribution in [0.15, 0.2) is 30.5 Å². The van der Waals surface area contributed by atoms with Crippen molar-refractivity contribution in [2.24, 2.45) is 23.7 Å². The number of benzene rings is 1. The number of pyridine rings is 1. The first-order chi connectivity index (χ1) is 18.4. The van der Waals surface area contributed by atoms with Crippen molar-refractivity contribution in [2.45, 2.75) is 64.3 Å². The molecule has 194 valence electrons. The van der Waals surface area contributed by atoms with E-state index in [0.717, 1.165) is 57.5 Å². The van der Waals surface area contributed by atoms with Gasteiger partial charge < -0.3 is 4.74 Å². The van der Waals surface area contributed by atoms with E-state index in [1.165, 1.54) is 16.2 Å². The minimum atomic E-state index is -1.01. The van der Waals surface area contributed by atoms with Gasteiger partial charge >= 0.3 is 0 Å². The van der Waals surface area contributed by atoms with Crippen LogP contribution in [0.25, 0.3) is 21.3 Å². The lowest BCUT2D eigenvalue weighted by atomic mass is 9.81. The van der Waals surface area contributed by atoms with Gasteiger partial charge in [0.25, 0.3) is 0 Å². The molecule has 1 saturated heterocycles. The fourth-order valence-electron chi connectivity index (χ4n) is 7.42. The average molecular weight is 530 g/mol. The Morgan fingerprint density at radius 1 is 1.11 bits per heavy atom. The first-order valence-corrected chi connectivity index (χ1v) is 14.3. The van der Waals surface area contributed by atoms with Crippen molar-refractivity contribution < 1.29 is 18.7 Å². The summed E-state index contributed by atoms with van der Waals surface area (Å²) in [6.45, 7) is 2.14. The highest BCUT2D eigenvalue weighted by Gasteiger charge is 2.60. The molecule has 0 spiro atoms. The highest BCUT2D eigenvalue weighted by molar-refractivity contribution is 7.19. The fourth-order valence-corrected chi connectivity index (χ4v) is 8.55. The standard InChI is InChI=1S/C30H28FN3O3S/c1-15-9-16(13-32)10-21(27(15)37-24-4-2-3-22(24)31)20-7-8-33-23-12-19(38-28(20)23)14-34-29(35)25-17-5-6-18(11-17)26(25)30(34)36/h7-10,12,17-18,22,24-26H,2-6,11,14H2,1H3/t17?,18?,22-,24+,25?,26?/m0/s1. The third-order valence-electron chi connectivity index (χ3n) is 9.13. The predicted molar refractivity (Wildman–Crippen MR) is 141 cm³/mol. The zero-order valence-corrected chi connectivity index (χ0v) is 22.0. The van der Waals surface area contributed by atoms with Gasteiger partial charge in [0, 0.05) is 22.2 Å². The van der Waals surface area contributed by atoms with Crippen molar-refractivity contribution in [3.63, 3.8) is 0 Å². The van der Waals surface area contributed by atoms with E-state index in [9.17, 15) is 19.2 Å². The molecule has 0 radical (unpaired) electrons. The van der Waals surface area contributed by atoms with E-state index < -0.39 is 12.3 Å². The average Bonchev–Trinajstić information content (AvgIpc) is 3.73. The molecule has 8 heteroatoms. The monoisotopic (exact) mass is 529 g/mol. The highest BCUT2D eigenvalue weighted by Crippen LogP contribution is 2.56. The Bertz CT molecular complexity index is 1500. The molecule has 3 aromatic rings. The van der Waals surface area contributed by atoms with Crippen LogP contribution in [-0.2, 0) is 16.1 Å². The van der Waals surface area contributed by atoms with Crippen LogP contribution < -0.4 is 4.74 Å². The third-order valence-corrected chi connectivity index (χ3v) is 10.3. The Morgan fingerprint density at radius 2 is 1.87 bits per heavy atom. The van der Waals surface area contributed by atoms with Gasteiger partial charge in [0.15, 0.2) is 0 Å². The van der Waals surface area contributed by atoms with Crippen LogP contribution in [0.4, 0.5) is 4.39 Å². The first-order valence-electron chi connectivity index (χ1n) is 13.5. The minimum absolute atomic E-state index is 0.0109. The number of carbonyl (C=O) groups excluding carboxylic acids is 2. The molecule has 6 nitrogen and oxygen atoms in total. The van der Waals surface area contributed by atoms with Crippen LogP contribution in [0.5, 0.6) is 5.75 Å². The molecule has 3 aliphatic carbocycles. The van der Waals surface area contributed by atoms with Crippen LogP contribution in [0, 0.1) is 41.9 Å². The summed E-state index contributed by atoms with van der Waals surface area (Å²) in [4.78, 5) is 33.4. The van der Waals surface area contributed by atoms with E-state index in [2.05, 4.69) is 11.1 Å². The van der Waals surface area contributed by atoms with Crippen molar-refractivity contribution in [3.8, 4) is 22.9 Å². The lowest BCUT2D eigenvalue weighted by molar-refractivity contribution is -0.141. The quantitative estimate of drug-likeness (QED) is 0.382. The molecule has 2 amide bonds. The molecule has 4 fully saturated rings. The summed E-state index contributed by atoms with van der Waals surface area (Å²) in [5.74, 6) is 1.03. The third kappa shape index (κ3) is 3.59. The molecule has 3 heterocycles. The molecular formula is C30H28FN3O3S. The number of likely N-dealkylation sites (tertiary alicyclic amines) is 1. The van der Waals surface area contributed by atoms with Gasteiger partial charge in [-0.3, -0.25) is 19.5 Å². The molecule has 6 atom stereocenters. The maximum absolute atomic E-state index is 14.5. The van der Waals surface area contributed by atoms with E-state index in [1.807, 2.05) is 19.1 Å². The number of ether oxygens (including phenoxy) is 1. The summed E-state index contributed by atoms with van der Waals surface area (Å²) in [5, 5.41) is 9.66. The summed E-state index contributed by atoms with van der Waals surface area (Å²) < 4.78 is 21.6. The van der Waals surface area contributed by atoms with Gasteiger partial charge in [0.1, 0.15) is 18.0 Å². The number of thiophene rings is 1. The van der Waals surface area contributed by atoms with Crippen LogP contribution in [-0.4, -0.2) is 34.0 Å². The number of amides is 2. The number of halogens is 1. The van der Waals surface area contributed by atoms with Crippen LogP contribution in [0.3, 0.4) is 0 Å². The number of nitrogens with zero attached hydrogens (tertiary/aromatic N) is 3. The number of fused-ring (bicyclic) bond motifs is 6. The lowest BCUT2D eigenvalue weighted by Crippen LogP contribution is -2.31. The molecule has 0 N–H and O–H groups in total. The minimum Gasteiger partial charge on any atom is -0.486 e. The normalized spacial score (nSPS) is 29.9. The molecule has 38 heavy (non-hydrogen) atoms. The van der Waals surface area contributed by atoms with Gasteiger partial charge in [0.2, 0.25) is 11.8 Å². The molecule has 1 aromatic carbocycles. The van der Waals surface area contributed by atoms with Crippen molar-refractivity contribution >= 4 is 33.4 Å². The summed E-state index contributed by atoms with van der Waals surface area (Å²) in [7, 11) is 0. The van der Waals surface area contributed by atoms with Crippen LogP contribution in [0.2, 0.25) is 0 Å². The van der Waals surface area contributed by atoms with Gasteiger partial charge in [-0.25, -0.2) is 4.39 Å². The molecule has 7 rings (SSSR count). The molecule has 1 aliphatic heterocycles. The molecule has 2 aromatic heterocycles. The molecule has 4 unspecified atom stereocenters. The summed E-state index contributed by atoms with van der Waals surface area (Å²) in [6.07, 6.45) is 5.31. The zero-order chi connectivity index (χ0) is 26.1. The SMILES string of the molecule is Cc1cc(C#N)cc(-c2ccnc3cc(CN4C(=O)C5C6CCC(C6)C5C4=O)sc23)c1O[C@@H]1CCC[C@@H]1F. The first kappa shape index (κ1) is 23.8. The number of carbonyl (C=O) groups is 2. The summed E-state index contributed by atoms with van der Waals surface area (Å²) in [5.41, 5.74) is 3.64. The van der Waals surface area contributed by atoms with Crippen molar-refractivity contribution in [1.82, 2.24) is 9.88 Å². The Morgan fingerprint density at radius 3 is 2.55 bits per heavy atom. The van der Waals surface area contributed by atoms with E-state index in [0.29, 0.717) is 36.0 Å². The number of imide groups is 1. The Hall–Kier alpha value is -3.31. The van der Waals surface area contributed by atoms with Gasteiger partial charge in [-0.15, -0.1) is 11.3 Å². The number of hydrogen-bond donors (Lipinski definition) is 0. The second-order valence-corrected chi connectivity index (χ2v) is 12.5. The Kier molecular flexibility index (Phi) is 5.55. The van der Waals surface area contributed by atoms with Gasteiger partial charge in [-0.05, 0) is 87.1 Å². The van der Waals surface area contributed by atoms with Crippen molar-refractivity contribution in [1.29, 1.82) is 5.26 Å². The van der Waals surface area contributed by atoms with Crippen molar-refractivity contribution in [3.05, 3.63) is 46.5 Å². The van der Waals surface area contributed by atoms with Gasteiger partial charge in [0.05, 0.1) is 40.2 Å². The molecular weight excluding hydrogens is 501 g/mol. The second-order valence-electron chi connectivity index (χ2n) is 11.3. The number of aryl methyl sites for hydroxylation is 1. The second kappa shape index (κ2) is 8.88. The van der Waals surface area contributed by atoms with Crippen LogP contribution >= 0.6 is 11.3 Å². The number of nitriles is 1. The number of alkyl halides is 1. The topological polar surface area (TPSA) is 83.3 Å². The molecule has 2 bridgehead atoms. The molecule has 3 saturated carbocycles. The maximum Gasteiger partial charge on any atom is 0.233 e. The fraction of sp³-hybridized carbons (Fsp3) is 0.467. The smallest absolute Gasteiger partial charge is 0.233 e. The predicted octanol–water partition coefficient (Wildman–Crippen LogP) is 5.94. The Labute approximate surface area is 224 Å². The van der Waals surface area contributed by atoms with Gasteiger partial charge in [-0.2, -0.15) is 5.26 Å². The molecule has 4 aliphatic rings. The van der Waals surface area contributed by atoms with E-state index in [-0.39, 0.29) is 30.2 Å². The van der Waals surface area contributed by atoms with E-state index >= 15 is 0 Å². The maximum atomic E-state index is 14.5. The summed E-state index contributed by atoms with van der Waals surface area (Å²) >= 11 is 1.51. The number of aromatic nitrogens is 1. The van der Waals surface area contributed by atoms with Crippen LogP contribution in [0.1, 0.15) is 54.5 Å². The number of hydrogen-bond acceptors (Lipinski definition) is 6. The largest absolute Gasteiger partial charge is 0.486 e. The Balaban J connectivity index is 1.25. The number of rotatable bonds is 5. The highest BCUT2D eigenvalue weighted by atomic mass is 32.1. The van der Waals surface area contributed by atoms with Gasteiger partial charge in [-0.1, -0.05) is 0 Å². The lowest BCUT2D eigenvalue weighted by Gasteiger charge is -2.21.